The highest BCUT2D eigenvalue weighted by molar-refractivity contribution is 14.1. The summed E-state index contributed by atoms with van der Waals surface area (Å²) in [5.41, 5.74) is 0.457. The third-order valence-corrected chi connectivity index (χ3v) is 7.05. The van der Waals surface area contributed by atoms with Gasteiger partial charge in [-0.3, -0.25) is 14.8 Å². The third-order valence-electron chi connectivity index (χ3n) is 6.28. The van der Waals surface area contributed by atoms with E-state index in [1.165, 1.54) is 4.90 Å². The summed E-state index contributed by atoms with van der Waals surface area (Å²) >= 11 is 2.21. The van der Waals surface area contributed by atoms with Crippen LogP contribution in [0.4, 0.5) is 4.79 Å². The lowest BCUT2D eigenvalue weighted by Crippen LogP contribution is -2.62. The predicted octanol–water partition coefficient (Wildman–Crippen LogP) is 5.33. The first-order valence-corrected chi connectivity index (χ1v) is 13.0. The maximum atomic E-state index is 13.3. The molecule has 3 aromatic rings. The molecule has 36 heavy (non-hydrogen) atoms. The van der Waals surface area contributed by atoms with Crippen molar-refractivity contribution in [1.82, 2.24) is 14.8 Å². The van der Waals surface area contributed by atoms with Crippen LogP contribution in [0.5, 0.6) is 0 Å². The molecule has 1 atom stereocenters. The van der Waals surface area contributed by atoms with E-state index in [0.717, 1.165) is 25.9 Å². The van der Waals surface area contributed by atoms with Gasteiger partial charge in [0.25, 0.3) is 0 Å². The number of benzene rings is 1. The summed E-state index contributed by atoms with van der Waals surface area (Å²) in [4.78, 5) is 34.2. The predicted molar refractivity (Wildman–Crippen MR) is 144 cm³/mol. The number of pyridine rings is 1. The Labute approximate surface area is 225 Å². The fraction of sp³-hybridized carbons (Fsp3) is 0.444. The summed E-state index contributed by atoms with van der Waals surface area (Å²) < 4.78 is 18.5. The minimum atomic E-state index is -0.817. The molecule has 9 heteroatoms. The standard InChI is InChI=1S/C27H32IN3O5/c1-26(2,3)36-25(33)31-12-11-30(16-21(31)24(32)34-17-18-9-7-6-8-10-18)27(4,5)22-13-19-14-29-15-20(28)23(19)35-22/h6-10,13-15,21H,11-12,16-17H2,1-5H3. The normalized spacial score (nSPS) is 17.3. The van der Waals surface area contributed by atoms with Crippen molar-refractivity contribution in [2.24, 2.45) is 0 Å². The molecule has 0 N–H and O–H groups in total. The van der Waals surface area contributed by atoms with Crippen LogP contribution in [-0.2, 0) is 26.4 Å². The number of fused-ring (bicyclic) bond motifs is 1. The van der Waals surface area contributed by atoms with Crippen LogP contribution in [0.1, 0.15) is 45.9 Å². The van der Waals surface area contributed by atoms with Crippen LogP contribution in [0.2, 0.25) is 0 Å². The summed E-state index contributed by atoms with van der Waals surface area (Å²) in [5.74, 6) is 0.305. The summed E-state index contributed by atoms with van der Waals surface area (Å²) in [6.07, 6.45) is 3.03. The van der Waals surface area contributed by atoms with Gasteiger partial charge < -0.3 is 13.9 Å². The van der Waals surface area contributed by atoms with Crippen LogP contribution in [0.25, 0.3) is 11.0 Å². The van der Waals surface area contributed by atoms with E-state index >= 15 is 0 Å². The average molecular weight is 605 g/mol. The van der Waals surface area contributed by atoms with Gasteiger partial charge >= 0.3 is 12.1 Å². The molecule has 4 rings (SSSR count). The number of piperazine rings is 1. The van der Waals surface area contributed by atoms with Crippen molar-refractivity contribution in [3.05, 3.63) is 63.7 Å². The summed E-state index contributed by atoms with van der Waals surface area (Å²) in [7, 11) is 0. The lowest BCUT2D eigenvalue weighted by atomic mass is 9.96. The van der Waals surface area contributed by atoms with Gasteiger partial charge in [0.15, 0.2) is 5.58 Å². The molecule has 0 saturated carbocycles. The highest BCUT2D eigenvalue weighted by Crippen LogP contribution is 2.35. The van der Waals surface area contributed by atoms with Gasteiger partial charge in [0.05, 0.1) is 9.11 Å². The van der Waals surface area contributed by atoms with Crippen molar-refractivity contribution < 1.29 is 23.5 Å². The molecule has 1 saturated heterocycles. The van der Waals surface area contributed by atoms with Gasteiger partial charge in [0.2, 0.25) is 0 Å². The highest BCUT2D eigenvalue weighted by atomic mass is 127. The quantitative estimate of drug-likeness (QED) is 0.287. The zero-order valence-corrected chi connectivity index (χ0v) is 23.4. The first kappa shape index (κ1) is 26.4. The van der Waals surface area contributed by atoms with Gasteiger partial charge in [-0.2, -0.15) is 0 Å². The molecule has 0 spiro atoms. The number of carbonyl (C=O) groups is 2. The van der Waals surface area contributed by atoms with Gasteiger partial charge in [-0.05, 0) is 68.8 Å². The van der Waals surface area contributed by atoms with Crippen LogP contribution in [0, 0.1) is 3.57 Å². The van der Waals surface area contributed by atoms with Gasteiger partial charge in [-0.1, -0.05) is 30.3 Å². The Morgan fingerprint density at radius 2 is 1.83 bits per heavy atom. The van der Waals surface area contributed by atoms with E-state index in [0.29, 0.717) is 13.1 Å². The number of esters is 1. The third kappa shape index (κ3) is 5.83. The van der Waals surface area contributed by atoms with Crippen molar-refractivity contribution in [2.75, 3.05) is 19.6 Å². The first-order chi connectivity index (χ1) is 17.0. The molecule has 2 aromatic heterocycles. The number of furan rings is 1. The maximum Gasteiger partial charge on any atom is 0.411 e. The SMILES string of the molecule is CC(C)(C)OC(=O)N1CCN(C(C)(C)c2cc3cncc(I)c3o2)CC1C(=O)OCc1ccccc1. The molecule has 1 unspecified atom stereocenters. The molecular formula is C27H32IN3O5. The number of halogens is 1. The number of hydrogen-bond acceptors (Lipinski definition) is 7. The lowest BCUT2D eigenvalue weighted by molar-refractivity contribution is -0.155. The van der Waals surface area contributed by atoms with Crippen LogP contribution < -0.4 is 0 Å². The Morgan fingerprint density at radius 3 is 2.50 bits per heavy atom. The number of aromatic nitrogens is 1. The molecule has 1 fully saturated rings. The molecule has 1 aromatic carbocycles. The molecule has 0 bridgehead atoms. The zero-order valence-electron chi connectivity index (χ0n) is 21.3. The fourth-order valence-electron chi connectivity index (χ4n) is 4.24. The molecular weight excluding hydrogens is 573 g/mol. The minimum Gasteiger partial charge on any atom is -0.459 e. The van der Waals surface area contributed by atoms with Gasteiger partial charge in [-0.25, -0.2) is 9.59 Å². The van der Waals surface area contributed by atoms with E-state index in [4.69, 9.17) is 13.9 Å². The number of hydrogen-bond donors (Lipinski definition) is 0. The smallest absolute Gasteiger partial charge is 0.411 e. The van der Waals surface area contributed by atoms with Crippen molar-refractivity contribution in [3.63, 3.8) is 0 Å². The van der Waals surface area contributed by atoms with Crippen LogP contribution in [0.3, 0.4) is 0 Å². The lowest BCUT2D eigenvalue weighted by Gasteiger charge is -2.46. The van der Waals surface area contributed by atoms with Crippen molar-refractivity contribution in [2.45, 2.75) is 58.4 Å². The molecule has 0 radical (unpaired) electrons. The topological polar surface area (TPSA) is 85.1 Å². The molecule has 3 heterocycles. The van der Waals surface area contributed by atoms with Gasteiger partial charge in [-0.15, -0.1) is 0 Å². The van der Waals surface area contributed by atoms with E-state index in [9.17, 15) is 9.59 Å². The van der Waals surface area contributed by atoms with E-state index in [-0.39, 0.29) is 13.2 Å². The minimum absolute atomic E-state index is 0.136. The Bertz CT molecular complexity index is 1240. The van der Waals surface area contributed by atoms with E-state index in [1.54, 1.807) is 12.4 Å². The van der Waals surface area contributed by atoms with E-state index in [2.05, 4.69) is 46.3 Å². The van der Waals surface area contributed by atoms with Gasteiger partial charge in [0.1, 0.15) is 24.0 Å². The Balaban J connectivity index is 1.57. The van der Waals surface area contributed by atoms with E-state index in [1.807, 2.05) is 57.2 Å². The Kier molecular flexibility index (Phi) is 7.61. The second-order valence-corrected chi connectivity index (χ2v) is 11.6. The van der Waals surface area contributed by atoms with Crippen molar-refractivity contribution >= 4 is 45.6 Å². The van der Waals surface area contributed by atoms with Crippen LogP contribution in [0.15, 0.2) is 53.2 Å². The molecule has 0 aliphatic carbocycles. The number of ether oxygens (including phenoxy) is 2. The first-order valence-electron chi connectivity index (χ1n) is 11.9. The number of amides is 1. The highest BCUT2D eigenvalue weighted by Gasteiger charge is 2.44. The second kappa shape index (κ2) is 10.4. The van der Waals surface area contributed by atoms with Gasteiger partial charge in [0, 0.05) is 37.4 Å². The molecule has 192 valence electrons. The van der Waals surface area contributed by atoms with Crippen LogP contribution in [-0.4, -0.2) is 58.1 Å². The zero-order chi connectivity index (χ0) is 26.1. The monoisotopic (exact) mass is 605 g/mol. The summed E-state index contributed by atoms with van der Waals surface area (Å²) in [5, 5.41) is 0.927. The second-order valence-electron chi connectivity index (χ2n) is 10.4. The van der Waals surface area contributed by atoms with Crippen LogP contribution >= 0.6 is 22.6 Å². The number of rotatable bonds is 5. The molecule has 1 aliphatic heterocycles. The van der Waals surface area contributed by atoms with Crippen molar-refractivity contribution in [3.8, 4) is 0 Å². The fourth-order valence-corrected chi connectivity index (χ4v) is 4.83. The average Bonchev–Trinajstić information content (AvgIpc) is 3.28. The number of nitrogens with zero attached hydrogens (tertiary/aromatic N) is 3. The maximum absolute atomic E-state index is 13.3. The molecule has 1 aliphatic rings. The molecule has 1 amide bonds. The van der Waals surface area contributed by atoms with E-state index < -0.39 is 29.2 Å². The largest absolute Gasteiger partial charge is 0.459 e. The Hall–Kier alpha value is -2.66. The Morgan fingerprint density at radius 1 is 1.11 bits per heavy atom. The molecule has 8 nitrogen and oxygen atoms in total. The summed E-state index contributed by atoms with van der Waals surface area (Å²) in [6, 6.07) is 10.7. The van der Waals surface area contributed by atoms with Crippen molar-refractivity contribution in [1.29, 1.82) is 0 Å². The number of carbonyl (C=O) groups excluding carboxylic acids is 2. The summed E-state index contributed by atoms with van der Waals surface area (Å²) in [6.45, 7) is 10.8.